The third-order valence-electron chi connectivity index (χ3n) is 2.41. The Labute approximate surface area is 99.7 Å². The van der Waals surface area contributed by atoms with Gasteiger partial charge in [-0.05, 0) is 7.05 Å². The third kappa shape index (κ3) is 3.74. The monoisotopic (exact) mass is 244 g/mol. The van der Waals surface area contributed by atoms with E-state index in [1.807, 2.05) is 7.05 Å². The Morgan fingerprint density at radius 1 is 1.31 bits per heavy atom. The summed E-state index contributed by atoms with van der Waals surface area (Å²) in [5, 5.41) is 2.38. The molecule has 1 heterocycles. The molecule has 1 fully saturated rings. The molecule has 0 bridgehead atoms. The third-order valence-corrected chi connectivity index (χ3v) is 2.55. The van der Waals surface area contributed by atoms with E-state index in [-0.39, 0.29) is 11.5 Å². The minimum absolute atomic E-state index is 0.0631. The van der Waals surface area contributed by atoms with Crippen molar-refractivity contribution in [2.24, 2.45) is 5.73 Å². The molecule has 0 atom stereocenters. The molecule has 0 saturated carbocycles. The zero-order chi connectivity index (χ0) is 12.1. The van der Waals surface area contributed by atoms with E-state index in [0.717, 1.165) is 13.1 Å². The van der Waals surface area contributed by atoms with Crippen LogP contribution in [0.4, 0.5) is 0 Å². The van der Waals surface area contributed by atoms with Crippen LogP contribution in [-0.2, 0) is 9.59 Å². The molecule has 0 aromatic heterocycles. The molecule has 0 aromatic rings. The largest absolute Gasteiger partial charge is 0.392 e. The van der Waals surface area contributed by atoms with Gasteiger partial charge in [-0.2, -0.15) is 0 Å². The lowest BCUT2D eigenvalue weighted by atomic mass is 10.3. The van der Waals surface area contributed by atoms with Crippen LogP contribution in [0.5, 0.6) is 0 Å². The first-order valence-corrected chi connectivity index (χ1v) is 5.45. The van der Waals surface area contributed by atoms with Crippen molar-refractivity contribution >= 4 is 29.0 Å². The van der Waals surface area contributed by atoms with Crippen molar-refractivity contribution in [3.8, 4) is 0 Å². The highest BCUT2D eigenvalue weighted by molar-refractivity contribution is 7.80. The summed E-state index contributed by atoms with van der Waals surface area (Å²) >= 11 is 4.60. The Morgan fingerprint density at radius 2 is 1.88 bits per heavy atom. The topological polar surface area (TPSA) is 78.7 Å². The molecule has 0 aliphatic carbocycles. The summed E-state index contributed by atoms with van der Waals surface area (Å²) in [5.74, 6) is -1.15. The maximum atomic E-state index is 11.6. The average molecular weight is 244 g/mol. The van der Waals surface area contributed by atoms with Crippen molar-refractivity contribution < 1.29 is 9.59 Å². The van der Waals surface area contributed by atoms with Crippen LogP contribution >= 0.6 is 12.2 Å². The maximum Gasteiger partial charge on any atom is 0.311 e. The Balaban J connectivity index is 2.38. The van der Waals surface area contributed by atoms with E-state index in [2.05, 4.69) is 22.4 Å². The van der Waals surface area contributed by atoms with E-state index in [0.29, 0.717) is 13.1 Å². The fourth-order valence-electron chi connectivity index (χ4n) is 1.40. The summed E-state index contributed by atoms with van der Waals surface area (Å²) in [6, 6.07) is 0. The summed E-state index contributed by atoms with van der Waals surface area (Å²) in [7, 11) is 1.98. The second-order valence-electron chi connectivity index (χ2n) is 3.74. The number of piperazine rings is 1. The van der Waals surface area contributed by atoms with Crippen LogP contribution in [0.2, 0.25) is 0 Å². The van der Waals surface area contributed by atoms with E-state index in [1.54, 1.807) is 0 Å². The zero-order valence-electron chi connectivity index (χ0n) is 9.23. The molecule has 7 heteroatoms. The fraction of sp³-hybridized carbons (Fsp3) is 0.667. The van der Waals surface area contributed by atoms with Crippen LogP contribution in [0.3, 0.4) is 0 Å². The number of likely N-dealkylation sites (N-methyl/N-ethyl adjacent to an activating group) is 1. The van der Waals surface area contributed by atoms with Crippen molar-refractivity contribution in [1.29, 1.82) is 0 Å². The van der Waals surface area contributed by atoms with Crippen molar-refractivity contribution in [1.82, 2.24) is 15.1 Å². The number of carbonyl (C=O) groups excluding carboxylic acids is 2. The number of nitrogens with zero attached hydrogens (tertiary/aromatic N) is 2. The van der Waals surface area contributed by atoms with Crippen molar-refractivity contribution in [3.63, 3.8) is 0 Å². The second-order valence-corrected chi connectivity index (χ2v) is 4.27. The summed E-state index contributed by atoms with van der Waals surface area (Å²) < 4.78 is 0. The molecule has 1 rings (SSSR count). The zero-order valence-corrected chi connectivity index (χ0v) is 10.0. The van der Waals surface area contributed by atoms with E-state index in [9.17, 15) is 9.59 Å². The quantitative estimate of drug-likeness (QED) is 0.441. The smallest absolute Gasteiger partial charge is 0.311 e. The van der Waals surface area contributed by atoms with Gasteiger partial charge in [-0.25, -0.2) is 0 Å². The van der Waals surface area contributed by atoms with Crippen LogP contribution in [-0.4, -0.2) is 66.4 Å². The van der Waals surface area contributed by atoms with Crippen molar-refractivity contribution in [3.05, 3.63) is 0 Å². The molecule has 3 N–H and O–H groups in total. The molecule has 6 nitrogen and oxygen atoms in total. The number of nitrogens with two attached hydrogens (primary N) is 1. The molecule has 0 unspecified atom stereocenters. The molecular formula is C9H16N4O2S. The van der Waals surface area contributed by atoms with Gasteiger partial charge < -0.3 is 20.9 Å². The van der Waals surface area contributed by atoms with Gasteiger partial charge in [0, 0.05) is 26.2 Å². The normalized spacial score (nSPS) is 16.9. The standard InChI is InChI=1S/C9H16N4O2S/c1-12-2-4-13(5-3-12)9(15)8(14)11-6-7(10)16/h2-6H2,1H3,(H2,10,16)(H,11,14). The van der Waals surface area contributed by atoms with E-state index < -0.39 is 11.8 Å². The van der Waals surface area contributed by atoms with E-state index in [4.69, 9.17) is 5.73 Å². The second kappa shape index (κ2) is 5.76. The maximum absolute atomic E-state index is 11.6. The Bertz CT molecular complexity index is 300. The lowest BCUT2D eigenvalue weighted by Gasteiger charge is -2.31. The van der Waals surface area contributed by atoms with E-state index in [1.165, 1.54) is 4.90 Å². The van der Waals surface area contributed by atoms with Gasteiger partial charge in [0.05, 0.1) is 11.5 Å². The molecule has 0 radical (unpaired) electrons. The Morgan fingerprint density at radius 3 is 2.38 bits per heavy atom. The number of rotatable bonds is 2. The van der Waals surface area contributed by atoms with Gasteiger partial charge in [0.15, 0.2) is 0 Å². The number of thiocarbonyl (C=S) groups is 1. The Hall–Kier alpha value is -1.21. The molecule has 0 spiro atoms. The van der Waals surface area contributed by atoms with Crippen molar-refractivity contribution in [2.45, 2.75) is 0 Å². The molecule has 0 aromatic carbocycles. The first kappa shape index (κ1) is 12.9. The summed E-state index contributed by atoms with van der Waals surface area (Å²) in [6.07, 6.45) is 0. The highest BCUT2D eigenvalue weighted by Crippen LogP contribution is 1.99. The molecule has 2 amide bonds. The number of hydrogen-bond acceptors (Lipinski definition) is 4. The Kier molecular flexibility index (Phi) is 4.63. The van der Waals surface area contributed by atoms with Crippen LogP contribution in [0.1, 0.15) is 0 Å². The van der Waals surface area contributed by atoms with Crippen LogP contribution in [0.15, 0.2) is 0 Å². The van der Waals surface area contributed by atoms with Gasteiger partial charge in [0.2, 0.25) is 0 Å². The number of carbonyl (C=O) groups is 2. The molecular weight excluding hydrogens is 228 g/mol. The lowest BCUT2D eigenvalue weighted by molar-refractivity contribution is -0.146. The van der Waals surface area contributed by atoms with Crippen LogP contribution in [0.25, 0.3) is 0 Å². The first-order valence-electron chi connectivity index (χ1n) is 5.04. The highest BCUT2D eigenvalue weighted by Gasteiger charge is 2.24. The molecule has 16 heavy (non-hydrogen) atoms. The van der Waals surface area contributed by atoms with Gasteiger partial charge in [-0.1, -0.05) is 12.2 Å². The van der Waals surface area contributed by atoms with Crippen LogP contribution < -0.4 is 11.1 Å². The van der Waals surface area contributed by atoms with Gasteiger partial charge in [0.1, 0.15) is 0 Å². The molecule has 1 aliphatic rings. The van der Waals surface area contributed by atoms with Crippen LogP contribution in [0, 0.1) is 0 Å². The van der Waals surface area contributed by atoms with Gasteiger partial charge in [0.25, 0.3) is 0 Å². The van der Waals surface area contributed by atoms with E-state index >= 15 is 0 Å². The minimum atomic E-state index is -0.641. The predicted octanol–water partition coefficient (Wildman–Crippen LogP) is -1.84. The predicted molar refractivity (Wildman–Crippen MR) is 63.9 cm³/mol. The van der Waals surface area contributed by atoms with Gasteiger partial charge in [-0.3, -0.25) is 9.59 Å². The molecule has 90 valence electrons. The lowest BCUT2D eigenvalue weighted by Crippen LogP contribution is -2.52. The number of nitrogens with one attached hydrogen (secondary N) is 1. The fourth-order valence-corrected chi connectivity index (χ4v) is 1.47. The summed E-state index contributed by atoms with van der Waals surface area (Å²) in [6.45, 7) is 2.79. The summed E-state index contributed by atoms with van der Waals surface area (Å²) in [4.78, 5) is 26.8. The van der Waals surface area contributed by atoms with Crippen molar-refractivity contribution in [2.75, 3.05) is 39.8 Å². The minimum Gasteiger partial charge on any atom is -0.392 e. The highest BCUT2D eigenvalue weighted by atomic mass is 32.1. The van der Waals surface area contributed by atoms with Gasteiger partial charge >= 0.3 is 11.8 Å². The number of hydrogen-bond donors (Lipinski definition) is 2. The molecule has 1 saturated heterocycles. The van der Waals surface area contributed by atoms with Gasteiger partial charge in [-0.15, -0.1) is 0 Å². The number of amides is 2. The molecule has 1 aliphatic heterocycles. The summed E-state index contributed by atoms with van der Waals surface area (Å²) in [5.41, 5.74) is 5.22. The SMILES string of the molecule is CN1CCN(C(=O)C(=O)NCC(N)=S)CC1. The average Bonchev–Trinajstić information content (AvgIpc) is 2.26. The first-order chi connectivity index (χ1) is 7.50.